The number of unbranched alkanes of at least 4 members (excludes halogenated alkanes) is 1. The third-order valence-electron chi connectivity index (χ3n) is 4.44. The zero-order valence-electron chi connectivity index (χ0n) is 16.8. The Morgan fingerprint density at radius 3 is 2.72 bits per heavy atom. The summed E-state index contributed by atoms with van der Waals surface area (Å²) in [4.78, 5) is 8.96. The van der Waals surface area contributed by atoms with Crippen LogP contribution in [0.5, 0.6) is 11.5 Å². The first-order valence-corrected chi connectivity index (χ1v) is 9.61. The lowest BCUT2D eigenvalue weighted by molar-refractivity contribution is 0.149. The van der Waals surface area contributed by atoms with Crippen LogP contribution in [0.25, 0.3) is 22.2 Å². The van der Waals surface area contributed by atoms with E-state index >= 15 is 0 Å². The molecule has 1 heterocycles. The van der Waals surface area contributed by atoms with Crippen LogP contribution in [0.2, 0.25) is 0 Å². The monoisotopic (exact) mass is 390 g/mol. The lowest BCUT2D eigenvalue weighted by Gasteiger charge is -2.13. The number of aromatic nitrogens is 2. The topological polar surface area (TPSA) is 53.5 Å². The molecule has 0 saturated carbocycles. The molecular weight excluding hydrogens is 364 g/mol. The van der Waals surface area contributed by atoms with Gasteiger partial charge in [-0.15, -0.1) is 13.2 Å². The van der Waals surface area contributed by atoms with E-state index in [1.165, 1.54) is 0 Å². The van der Waals surface area contributed by atoms with Crippen molar-refractivity contribution in [1.29, 1.82) is 0 Å². The van der Waals surface area contributed by atoms with E-state index in [4.69, 9.17) is 14.2 Å². The van der Waals surface area contributed by atoms with Gasteiger partial charge in [-0.05, 0) is 30.5 Å². The SMILES string of the molecule is C=CCCCOc1cc2c(-c3cccc(COCC=C)c3)ncnc2cc1OC. The Morgan fingerprint density at radius 2 is 1.93 bits per heavy atom. The van der Waals surface area contributed by atoms with Gasteiger partial charge in [-0.25, -0.2) is 9.97 Å². The summed E-state index contributed by atoms with van der Waals surface area (Å²) in [6, 6.07) is 12.0. The van der Waals surface area contributed by atoms with Gasteiger partial charge in [0.2, 0.25) is 0 Å². The molecule has 0 radical (unpaired) electrons. The molecule has 0 aliphatic carbocycles. The first kappa shape index (κ1) is 20.6. The standard InChI is InChI=1S/C24H26N2O3/c1-4-6-7-12-29-23-14-20-21(15-22(23)27-3)25-17-26-24(20)19-10-8-9-18(13-19)16-28-11-5-2/h4-5,8-10,13-15,17H,1-2,6-7,11-12,16H2,3H3. The minimum Gasteiger partial charge on any atom is -0.493 e. The number of ether oxygens (including phenoxy) is 3. The zero-order chi connectivity index (χ0) is 20.5. The van der Waals surface area contributed by atoms with Crippen LogP contribution >= 0.6 is 0 Å². The summed E-state index contributed by atoms with van der Waals surface area (Å²) in [5, 5.41) is 0.913. The summed E-state index contributed by atoms with van der Waals surface area (Å²) in [6.07, 6.45) is 7.01. The molecule has 0 fully saturated rings. The molecule has 0 unspecified atom stereocenters. The van der Waals surface area contributed by atoms with Gasteiger partial charge in [0.15, 0.2) is 11.5 Å². The fourth-order valence-corrected chi connectivity index (χ4v) is 3.04. The van der Waals surface area contributed by atoms with Gasteiger partial charge in [0.05, 0.1) is 38.1 Å². The van der Waals surface area contributed by atoms with Gasteiger partial charge in [0, 0.05) is 17.0 Å². The molecule has 0 amide bonds. The molecule has 0 atom stereocenters. The molecule has 0 aliphatic rings. The number of fused-ring (bicyclic) bond motifs is 1. The minimum absolute atomic E-state index is 0.521. The molecule has 3 rings (SSSR count). The van der Waals surface area contributed by atoms with Gasteiger partial charge in [0.1, 0.15) is 6.33 Å². The summed E-state index contributed by atoms with van der Waals surface area (Å²) >= 11 is 0. The van der Waals surface area contributed by atoms with E-state index in [2.05, 4.69) is 29.2 Å². The van der Waals surface area contributed by atoms with Crippen LogP contribution in [-0.4, -0.2) is 30.3 Å². The molecule has 5 heteroatoms. The fourth-order valence-electron chi connectivity index (χ4n) is 3.04. The van der Waals surface area contributed by atoms with E-state index in [0.29, 0.717) is 31.3 Å². The Hall–Kier alpha value is -3.18. The summed E-state index contributed by atoms with van der Waals surface area (Å²) < 4.78 is 17.0. The second-order valence-electron chi connectivity index (χ2n) is 6.53. The van der Waals surface area contributed by atoms with Crippen molar-refractivity contribution in [2.75, 3.05) is 20.3 Å². The normalized spacial score (nSPS) is 10.7. The minimum atomic E-state index is 0.521. The molecule has 0 saturated heterocycles. The van der Waals surface area contributed by atoms with Crippen molar-refractivity contribution in [3.05, 3.63) is 73.6 Å². The first-order valence-electron chi connectivity index (χ1n) is 9.61. The van der Waals surface area contributed by atoms with Crippen molar-refractivity contribution < 1.29 is 14.2 Å². The summed E-state index contributed by atoms with van der Waals surface area (Å²) in [5.74, 6) is 1.35. The lowest BCUT2D eigenvalue weighted by atomic mass is 10.0. The molecule has 150 valence electrons. The van der Waals surface area contributed by atoms with Gasteiger partial charge in [-0.1, -0.05) is 30.4 Å². The average Bonchev–Trinajstić information content (AvgIpc) is 2.76. The highest BCUT2D eigenvalue weighted by Gasteiger charge is 2.13. The van der Waals surface area contributed by atoms with Crippen molar-refractivity contribution in [3.8, 4) is 22.8 Å². The van der Waals surface area contributed by atoms with Crippen molar-refractivity contribution in [1.82, 2.24) is 9.97 Å². The Balaban J connectivity index is 1.96. The van der Waals surface area contributed by atoms with Gasteiger partial charge < -0.3 is 14.2 Å². The average molecular weight is 390 g/mol. The number of benzene rings is 2. The quantitative estimate of drug-likeness (QED) is 0.326. The van der Waals surface area contributed by atoms with E-state index in [1.54, 1.807) is 19.5 Å². The largest absolute Gasteiger partial charge is 0.493 e. The van der Waals surface area contributed by atoms with E-state index in [1.807, 2.05) is 36.4 Å². The van der Waals surface area contributed by atoms with Crippen molar-refractivity contribution >= 4 is 10.9 Å². The molecule has 0 N–H and O–H groups in total. The van der Waals surface area contributed by atoms with Crippen molar-refractivity contribution in [2.45, 2.75) is 19.4 Å². The van der Waals surface area contributed by atoms with Crippen LogP contribution < -0.4 is 9.47 Å². The molecule has 1 aromatic heterocycles. The third kappa shape index (κ3) is 5.21. The summed E-state index contributed by atoms with van der Waals surface area (Å²) in [6.45, 7) is 9.05. The molecule has 0 aliphatic heterocycles. The number of hydrogen-bond acceptors (Lipinski definition) is 5. The highest BCUT2D eigenvalue weighted by Crippen LogP contribution is 2.35. The Bertz CT molecular complexity index is 985. The first-order chi connectivity index (χ1) is 14.3. The van der Waals surface area contributed by atoms with Gasteiger partial charge >= 0.3 is 0 Å². The van der Waals surface area contributed by atoms with Gasteiger partial charge in [-0.3, -0.25) is 0 Å². The highest BCUT2D eigenvalue weighted by molar-refractivity contribution is 5.94. The predicted octanol–water partition coefficient (Wildman–Crippen LogP) is 5.35. The lowest BCUT2D eigenvalue weighted by Crippen LogP contribution is -2.00. The van der Waals surface area contributed by atoms with E-state index in [0.717, 1.165) is 40.6 Å². The summed E-state index contributed by atoms with van der Waals surface area (Å²) in [7, 11) is 1.63. The smallest absolute Gasteiger partial charge is 0.162 e. The number of rotatable bonds is 11. The van der Waals surface area contributed by atoms with E-state index in [-0.39, 0.29) is 0 Å². The molecule has 0 spiro atoms. The molecule has 3 aromatic rings. The fraction of sp³-hybridized carbons (Fsp3) is 0.250. The second kappa shape index (κ2) is 10.4. The van der Waals surface area contributed by atoms with Crippen LogP contribution in [0, 0.1) is 0 Å². The van der Waals surface area contributed by atoms with Crippen molar-refractivity contribution in [3.63, 3.8) is 0 Å². The molecule has 0 bridgehead atoms. The van der Waals surface area contributed by atoms with Gasteiger partial charge in [0.25, 0.3) is 0 Å². The van der Waals surface area contributed by atoms with E-state index in [9.17, 15) is 0 Å². The number of methoxy groups -OCH3 is 1. The molecule has 29 heavy (non-hydrogen) atoms. The number of nitrogens with zero attached hydrogens (tertiary/aromatic N) is 2. The zero-order valence-corrected chi connectivity index (χ0v) is 16.8. The Morgan fingerprint density at radius 1 is 1.03 bits per heavy atom. The molecule has 5 nitrogen and oxygen atoms in total. The highest BCUT2D eigenvalue weighted by atomic mass is 16.5. The molecular formula is C24H26N2O3. The molecule has 2 aromatic carbocycles. The van der Waals surface area contributed by atoms with Crippen LogP contribution in [0.1, 0.15) is 18.4 Å². The maximum Gasteiger partial charge on any atom is 0.162 e. The van der Waals surface area contributed by atoms with Crippen LogP contribution in [0.3, 0.4) is 0 Å². The van der Waals surface area contributed by atoms with Crippen LogP contribution in [0.4, 0.5) is 0 Å². The van der Waals surface area contributed by atoms with Gasteiger partial charge in [-0.2, -0.15) is 0 Å². The van der Waals surface area contributed by atoms with Crippen LogP contribution in [0.15, 0.2) is 68.0 Å². The third-order valence-corrected chi connectivity index (χ3v) is 4.44. The number of hydrogen-bond donors (Lipinski definition) is 0. The second-order valence-corrected chi connectivity index (χ2v) is 6.53. The summed E-state index contributed by atoms with van der Waals surface area (Å²) in [5.41, 5.74) is 3.73. The predicted molar refractivity (Wildman–Crippen MR) is 116 cm³/mol. The Labute approximate surface area is 171 Å². The maximum atomic E-state index is 5.96. The maximum absolute atomic E-state index is 5.96. The van der Waals surface area contributed by atoms with E-state index < -0.39 is 0 Å². The Kier molecular flexibility index (Phi) is 7.36. The van der Waals surface area contributed by atoms with Crippen LogP contribution in [-0.2, 0) is 11.3 Å². The van der Waals surface area contributed by atoms with Crippen molar-refractivity contribution in [2.24, 2.45) is 0 Å². The number of allylic oxidation sites excluding steroid dienone is 1.